The van der Waals surface area contributed by atoms with Crippen molar-refractivity contribution in [3.05, 3.63) is 28.0 Å². The fourth-order valence-corrected chi connectivity index (χ4v) is 2.63. The van der Waals surface area contributed by atoms with Gasteiger partial charge in [-0.3, -0.25) is 0 Å². The van der Waals surface area contributed by atoms with Crippen molar-refractivity contribution in [2.24, 2.45) is 0 Å². The Morgan fingerprint density at radius 3 is 3.00 bits per heavy atom. The summed E-state index contributed by atoms with van der Waals surface area (Å²) in [5.74, 6) is 0.341. The van der Waals surface area contributed by atoms with Gasteiger partial charge in [0.25, 0.3) is 0 Å². The standard InChI is InChI=1S/C12H15BrFNO/c1-16-10-5-4-8(12(14)11(10)13)7-9-3-2-6-15-9/h4-5,9,15H,2-3,6-7H2,1H3. The van der Waals surface area contributed by atoms with Crippen LogP contribution in [0.2, 0.25) is 0 Å². The van der Waals surface area contributed by atoms with Gasteiger partial charge in [-0.25, -0.2) is 4.39 Å². The topological polar surface area (TPSA) is 21.3 Å². The minimum Gasteiger partial charge on any atom is -0.495 e. The molecule has 0 radical (unpaired) electrons. The second-order valence-corrected chi connectivity index (χ2v) is 4.85. The highest BCUT2D eigenvalue weighted by molar-refractivity contribution is 9.10. The summed E-state index contributed by atoms with van der Waals surface area (Å²) in [6.07, 6.45) is 3.06. The quantitative estimate of drug-likeness (QED) is 0.923. The van der Waals surface area contributed by atoms with E-state index >= 15 is 0 Å². The Labute approximate surface area is 103 Å². The van der Waals surface area contributed by atoms with Gasteiger partial charge in [-0.15, -0.1) is 0 Å². The Balaban J connectivity index is 2.18. The molecule has 1 saturated heterocycles. The van der Waals surface area contributed by atoms with E-state index in [1.165, 1.54) is 13.5 Å². The lowest BCUT2D eigenvalue weighted by Gasteiger charge is -2.13. The number of nitrogens with one attached hydrogen (secondary N) is 1. The largest absolute Gasteiger partial charge is 0.495 e. The molecular weight excluding hydrogens is 273 g/mol. The number of ether oxygens (including phenoxy) is 1. The van der Waals surface area contributed by atoms with Crippen LogP contribution in [-0.2, 0) is 6.42 Å². The van der Waals surface area contributed by atoms with Crippen LogP contribution < -0.4 is 10.1 Å². The first-order valence-corrected chi connectivity index (χ1v) is 6.26. The van der Waals surface area contributed by atoms with Gasteiger partial charge >= 0.3 is 0 Å². The van der Waals surface area contributed by atoms with Crippen LogP contribution in [0.1, 0.15) is 18.4 Å². The maximum absolute atomic E-state index is 13.9. The first kappa shape index (κ1) is 11.9. The van der Waals surface area contributed by atoms with E-state index in [-0.39, 0.29) is 5.82 Å². The van der Waals surface area contributed by atoms with Crippen molar-refractivity contribution in [3.63, 3.8) is 0 Å². The maximum Gasteiger partial charge on any atom is 0.144 e. The summed E-state index contributed by atoms with van der Waals surface area (Å²) in [5, 5.41) is 3.37. The molecule has 2 rings (SSSR count). The molecule has 0 saturated carbocycles. The summed E-state index contributed by atoms with van der Waals surface area (Å²) >= 11 is 3.22. The van der Waals surface area contributed by atoms with Crippen molar-refractivity contribution >= 4 is 15.9 Å². The predicted molar refractivity (Wildman–Crippen MR) is 65.4 cm³/mol. The lowest BCUT2D eigenvalue weighted by molar-refractivity contribution is 0.406. The number of rotatable bonds is 3. The normalized spacial score (nSPS) is 20.1. The van der Waals surface area contributed by atoms with Crippen LogP contribution >= 0.6 is 15.9 Å². The van der Waals surface area contributed by atoms with Gasteiger partial charge in [0.1, 0.15) is 11.6 Å². The Morgan fingerprint density at radius 1 is 1.56 bits per heavy atom. The number of halogens is 2. The van der Waals surface area contributed by atoms with Crippen molar-refractivity contribution in [1.29, 1.82) is 0 Å². The first-order chi connectivity index (χ1) is 7.72. The molecule has 1 aromatic carbocycles. The Kier molecular flexibility index (Phi) is 3.82. The summed E-state index contributed by atoms with van der Waals surface area (Å²) in [6, 6.07) is 4.02. The molecule has 0 aromatic heterocycles. The molecule has 1 heterocycles. The molecule has 88 valence electrons. The summed E-state index contributed by atoms with van der Waals surface area (Å²) in [4.78, 5) is 0. The van der Waals surface area contributed by atoms with E-state index in [0.717, 1.165) is 24.9 Å². The summed E-state index contributed by atoms with van der Waals surface area (Å²) in [7, 11) is 1.54. The average Bonchev–Trinajstić information content (AvgIpc) is 2.78. The lowest BCUT2D eigenvalue weighted by atomic mass is 10.0. The zero-order valence-corrected chi connectivity index (χ0v) is 10.8. The van der Waals surface area contributed by atoms with E-state index < -0.39 is 0 Å². The van der Waals surface area contributed by atoms with Gasteiger partial charge in [0.15, 0.2) is 0 Å². The third kappa shape index (κ3) is 2.38. The van der Waals surface area contributed by atoms with Gasteiger partial charge in [-0.1, -0.05) is 6.07 Å². The summed E-state index contributed by atoms with van der Waals surface area (Å²) in [6.45, 7) is 1.05. The van der Waals surface area contributed by atoms with Crippen molar-refractivity contribution in [2.45, 2.75) is 25.3 Å². The monoisotopic (exact) mass is 287 g/mol. The average molecular weight is 288 g/mol. The van der Waals surface area contributed by atoms with Crippen molar-refractivity contribution in [3.8, 4) is 5.75 Å². The molecule has 1 fully saturated rings. The molecule has 1 aliphatic heterocycles. The van der Waals surface area contributed by atoms with Crippen LogP contribution in [0.15, 0.2) is 16.6 Å². The molecule has 0 aliphatic carbocycles. The first-order valence-electron chi connectivity index (χ1n) is 5.46. The molecule has 0 spiro atoms. The number of benzene rings is 1. The molecule has 16 heavy (non-hydrogen) atoms. The Hall–Kier alpha value is -0.610. The van der Waals surface area contributed by atoms with Crippen LogP contribution in [0.5, 0.6) is 5.75 Å². The molecule has 0 amide bonds. The van der Waals surface area contributed by atoms with Gasteiger partial charge in [0, 0.05) is 6.04 Å². The molecular formula is C12H15BrFNO. The number of hydrogen-bond donors (Lipinski definition) is 1. The molecule has 4 heteroatoms. The minimum atomic E-state index is -0.201. The fourth-order valence-electron chi connectivity index (χ4n) is 2.08. The van der Waals surface area contributed by atoms with Gasteiger partial charge < -0.3 is 10.1 Å². The predicted octanol–water partition coefficient (Wildman–Crippen LogP) is 2.89. The Morgan fingerprint density at radius 2 is 2.38 bits per heavy atom. The second-order valence-electron chi connectivity index (χ2n) is 4.05. The van der Waals surface area contributed by atoms with E-state index in [2.05, 4.69) is 21.2 Å². The summed E-state index contributed by atoms with van der Waals surface area (Å²) < 4.78 is 19.4. The fraction of sp³-hybridized carbons (Fsp3) is 0.500. The third-order valence-electron chi connectivity index (χ3n) is 2.98. The van der Waals surface area contributed by atoms with Gasteiger partial charge in [0.05, 0.1) is 11.6 Å². The molecule has 2 nitrogen and oxygen atoms in total. The molecule has 1 unspecified atom stereocenters. The van der Waals surface area contributed by atoms with Gasteiger partial charge in [-0.2, -0.15) is 0 Å². The highest BCUT2D eigenvalue weighted by atomic mass is 79.9. The Bertz CT molecular complexity index is 378. The SMILES string of the molecule is COc1ccc(CC2CCCN2)c(F)c1Br. The summed E-state index contributed by atoms with van der Waals surface area (Å²) in [5.41, 5.74) is 0.743. The highest BCUT2D eigenvalue weighted by Crippen LogP contribution is 2.30. The molecule has 1 N–H and O–H groups in total. The lowest BCUT2D eigenvalue weighted by Crippen LogP contribution is -2.24. The van der Waals surface area contributed by atoms with E-state index in [0.29, 0.717) is 16.3 Å². The van der Waals surface area contributed by atoms with E-state index in [9.17, 15) is 4.39 Å². The smallest absolute Gasteiger partial charge is 0.144 e. The van der Waals surface area contributed by atoms with E-state index in [1.807, 2.05) is 0 Å². The van der Waals surface area contributed by atoms with Crippen LogP contribution in [0.4, 0.5) is 4.39 Å². The maximum atomic E-state index is 13.9. The highest BCUT2D eigenvalue weighted by Gasteiger charge is 2.18. The zero-order chi connectivity index (χ0) is 11.5. The van der Waals surface area contributed by atoms with Crippen molar-refractivity contribution in [1.82, 2.24) is 5.32 Å². The van der Waals surface area contributed by atoms with Crippen LogP contribution in [0.25, 0.3) is 0 Å². The molecule has 1 aromatic rings. The van der Waals surface area contributed by atoms with Crippen LogP contribution in [-0.4, -0.2) is 19.7 Å². The van der Waals surface area contributed by atoms with Crippen molar-refractivity contribution < 1.29 is 9.13 Å². The zero-order valence-electron chi connectivity index (χ0n) is 9.22. The molecule has 1 atom stereocenters. The minimum absolute atomic E-state index is 0.201. The van der Waals surface area contributed by atoms with Crippen molar-refractivity contribution in [2.75, 3.05) is 13.7 Å². The molecule has 0 bridgehead atoms. The number of hydrogen-bond acceptors (Lipinski definition) is 2. The second kappa shape index (κ2) is 5.15. The van der Waals surface area contributed by atoms with Crippen LogP contribution in [0, 0.1) is 5.82 Å². The van der Waals surface area contributed by atoms with Gasteiger partial charge in [-0.05, 0) is 53.4 Å². The number of methoxy groups -OCH3 is 1. The van der Waals surface area contributed by atoms with E-state index in [4.69, 9.17) is 4.74 Å². The third-order valence-corrected chi connectivity index (χ3v) is 3.71. The van der Waals surface area contributed by atoms with E-state index in [1.54, 1.807) is 12.1 Å². The molecule has 1 aliphatic rings. The van der Waals surface area contributed by atoms with Gasteiger partial charge in [0.2, 0.25) is 0 Å². The van der Waals surface area contributed by atoms with Crippen LogP contribution in [0.3, 0.4) is 0 Å².